The number of carbonyl (C=O) groups is 1. The summed E-state index contributed by atoms with van der Waals surface area (Å²) in [6, 6.07) is 6.77. The van der Waals surface area contributed by atoms with E-state index in [1.165, 1.54) is 12.1 Å². The fourth-order valence-electron chi connectivity index (χ4n) is 2.93. The Morgan fingerprint density at radius 2 is 1.96 bits per heavy atom. The lowest BCUT2D eigenvalue weighted by Crippen LogP contribution is -2.44. The fraction of sp³-hybridized carbons (Fsp3) is 0.389. The van der Waals surface area contributed by atoms with Gasteiger partial charge in [0.25, 0.3) is 0 Å². The highest BCUT2D eigenvalue weighted by molar-refractivity contribution is 5.76. The van der Waals surface area contributed by atoms with Crippen molar-refractivity contribution in [3.63, 3.8) is 0 Å². The van der Waals surface area contributed by atoms with Crippen LogP contribution in [-0.4, -0.2) is 35.0 Å². The van der Waals surface area contributed by atoms with Crippen molar-refractivity contribution in [3.05, 3.63) is 54.4 Å². The van der Waals surface area contributed by atoms with Crippen LogP contribution in [0.4, 0.5) is 10.1 Å². The number of benzene rings is 1. The molecule has 24 heavy (non-hydrogen) atoms. The minimum Gasteiger partial charge on any atom is -0.371 e. The van der Waals surface area contributed by atoms with Crippen molar-refractivity contribution in [2.24, 2.45) is 0 Å². The van der Waals surface area contributed by atoms with Gasteiger partial charge in [0.1, 0.15) is 5.82 Å². The maximum absolute atomic E-state index is 13.0. The topological polar surface area (TPSA) is 58.1 Å². The molecule has 0 saturated carbocycles. The lowest BCUT2D eigenvalue weighted by molar-refractivity contribution is -0.121. The second kappa shape index (κ2) is 7.86. The van der Waals surface area contributed by atoms with E-state index in [1.807, 2.05) is 0 Å². The van der Waals surface area contributed by atoms with Crippen LogP contribution < -0.4 is 10.2 Å². The molecule has 1 N–H and O–H groups in total. The zero-order valence-electron chi connectivity index (χ0n) is 13.5. The Kier molecular flexibility index (Phi) is 5.36. The van der Waals surface area contributed by atoms with E-state index in [1.54, 1.807) is 30.7 Å². The summed E-state index contributed by atoms with van der Waals surface area (Å²) in [6.45, 7) is 1.72. The van der Waals surface area contributed by atoms with Gasteiger partial charge in [0, 0.05) is 49.8 Å². The van der Waals surface area contributed by atoms with Crippen molar-refractivity contribution in [1.82, 2.24) is 15.3 Å². The zero-order chi connectivity index (χ0) is 16.8. The van der Waals surface area contributed by atoms with Crippen LogP contribution >= 0.6 is 0 Å². The van der Waals surface area contributed by atoms with Gasteiger partial charge >= 0.3 is 0 Å². The van der Waals surface area contributed by atoms with Crippen LogP contribution in [0, 0.1) is 5.82 Å². The SMILES string of the molecule is O=C(CCc1cnccn1)NC1CCN(c2ccc(F)cc2)CC1. The van der Waals surface area contributed by atoms with Gasteiger partial charge in [0.15, 0.2) is 0 Å². The molecule has 1 saturated heterocycles. The third-order valence-electron chi connectivity index (χ3n) is 4.28. The monoisotopic (exact) mass is 328 g/mol. The Balaban J connectivity index is 1.41. The average molecular weight is 328 g/mol. The number of aryl methyl sites for hydroxylation is 1. The van der Waals surface area contributed by atoms with Crippen LogP contribution in [0.2, 0.25) is 0 Å². The number of piperidine rings is 1. The predicted molar refractivity (Wildman–Crippen MR) is 90.1 cm³/mol. The molecule has 1 fully saturated rings. The molecule has 6 heteroatoms. The standard InChI is InChI=1S/C18H21FN4O/c19-14-1-4-17(5-2-14)23-11-7-15(8-12-23)22-18(24)6-3-16-13-20-9-10-21-16/h1-2,4-5,9-10,13,15H,3,6-8,11-12H2,(H,22,24). The molecule has 1 aliphatic heterocycles. The first kappa shape index (κ1) is 16.4. The Morgan fingerprint density at radius 3 is 2.62 bits per heavy atom. The Labute approximate surface area is 140 Å². The van der Waals surface area contributed by atoms with E-state index in [4.69, 9.17) is 0 Å². The highest BCUT2D eigenvalue weighted by Gasteiger charge is 2.20. The highest BCUT2D eigenvalue weighted by Crippen LogP contribution is 2.20. The fourth-order valence-corrected chi connectivity index (χ4v) is 2.93. The first-order valence-electron chi connectivity index (χ1n) is 8.25. The minimum atomic E-state index is -0.219. The molecule has 0 radical (unpaired) electrons. The molecular formula is C18H21FN4O. The lowest BCUT2D eigenvalue weighted by Gasteiger charge is -2.34. The summed E-state index contributed by atoms with van der Waals surface area (Å²) in [6.07, 6.45) is 7.78. The molecule has 1 aromatic carbocycles. The third kappa shape index (κ3) is 4.50. The number of hydrogen-bond donors (Lipinski definition) is 1. The van der Waals surface area contributed by atoms with Crippen molar-refractivity contribution in [1.29, 1.82) is 0 Å². The number of anilines is 1. The van der Waals surface area contributed by atoms with Gasteiger partial charge in [-0.25, -0.2) is 4.39 Å². The average Bonchev–Trinajstić information content (AvgIpc) is 2.62. The van der Waals surface area contributed by atoms with E-state index in [0.717, 1.165) is 37.3 Å². The molecule has 3 rings (SSSR count). The Hall–Kier alpha value is -2.50. The Bertz CT molecular complexity index is 654. The van der Waals surface area contributed by atoms with Crippen LogP contribution in [0.15, 0.2) is 42.9 Å². The number of nitrogens with zero attached hydrogens (tertiary/aromatic N) is 3. The van der Waals surface area contributed by atoms with Crippen molar-refractivity contribution in [2.45, 2.75) is 31.7 Å². The van der Waals surface area contributed by atoms with Crippen LogP contribution in [-0.2, 0) is 11.2 Å². The van der Waals surface area contributed by atoms with Crippen molar-refractivity contribution < 1.29 is 9.18 Å². The molecule has 1 aromatic heterocycles. The molecule has 126 valence electrons. The Morgan fingerprint density at radius 1 is 1.21 bits per heavy atom. The van der Waals surface area contributed by atoms with Gasteiger partial charge in [0.05, 0.1) is 5.69 Å². The molecule has 2 aromatic rings. The molecule has 1 amide bonds. The van der Waals surface area contributed by atoms with E-state index in [2.05, 4.69) is 20.2 Å². The number of rotatable bonds is 5. The van der Waals surface area contributed by atoms with Gasteiger partial charge in [-0.2, -0.15) is 0 Å². The van der Waals surface area contributed by atoms with Gasteiger partial charge < -0.3 is 10.2 Å². The molecule has 0 atom stereocenters. The summed E-state index contributed by atoms with van der Waals surface area (Å²) in [4.78, 5) is 22.5. The zero-order valence-corrected chi connectivity index (χ0v) is 13.5. The van der Waals surface area contributed by atoms with Crippen molar-refractivity contribution >= 4 is 11.6 Å². The van der Waals surface area contributed by atoms with Gasteiger partial charge in [-0.3, -0.25) is 14.8 Å². The molecule has 0 bridgehead atoms. The largest absolute Gasteiger partial charge is 0.371 e. The minimum absolute atomic E-state index is 0.0564. The maximum atomic E-state index is 13.0. The van der Waals surface area contributed by atoms with E-state index >= 15 is 0 Å². The van der Waals surface area contributed by atoms with Crippen molar-refractivity contribution in [2.75, 3.05) is 18.0 Å². The summed E-state index contributed by atoms with van der Waals surface area (Å²) in [5.74, 6) is -0.162. The summed E-state index contributed by atoms with van der Waals surface area (Å²) >= 11 is 0. The van der Waals surface area contributed by atoms with Crippen LogP contribution in [0.25, 0.3) is 0 Å². The summed E-state index contributed by atoms with van der Waals surface area (Å²) in [5, 5.41) is 3.10. The molecule has 0 aliphatic carbocycles. The molecule has 1 aliphatic rings. The second-order valence-corrected chi connectivity index (χ2v) is 6.00. The summed E-state index contributed by atoms with van der Waals surface area (Å²) in [5.41, 5.74) is 1.86. The van der Waals surface area contributed by atoms with Crippen LogP contribution in [0.1, 0.15) is 25.0 Å². The predicted octanol–water partition coefficient (Wildman–Crippen LogP) is 2.33. The first-order valence-corrected chi connectivity index (χ1v) is 8.25. The quantitative estimate of drug-likeness (QED) is 0.915. The van der Waals surface area contributed by atoms with Crippen molar-refractivity contribution in [3.8, 4) is 0 Å². The number of halogens is 1. The van der Waals surface area contributed by atoms with E-state index in [0.29, 0.717) is 12.8 Å². The number of aromatic nitrogens is 2. The first-order chi connectivity index (χ1) is 11.7. The number of carbonyl (C=O) groups excluding carboxylic acids is 1. The number of nitrogens with one attached hydrogen (secondary N) is 1. The third-order valence-corrected chi connectivity index (χ3v) is 4.28. The van der Waals surface area contributed by atoms with E-state index < -0.39 is 0 Å². The highest BCUT2D eigenvalue weighted by atomic mass is 19.1. The maximum Gasteiger partial charge on any atom is 0.220 e. The number of hydrogen-bond acceptors (Lipinski definition) is 4. The smallest absolute Gasteiger partial charge is 0.220 e. The summed E-state index contributed by atoms with van der Waals surface area (Å²) < 4.78 is 13.0. The normalized spacial score (nSPS) is 15.3. The van der Waals surface area contributed by atoms with Crippen LogP contribution in [0.5, 0.6) is 0 Å². The van der Waals surface area contributed by atoms with Gasteiger partial charge in [-0.05, 0) is 43.5 Å². The molecule has 5 nitrogen and oxygen atoms in total. The van der Waals surface area contributed by atoms with Gasteiger partial charge in [-0.1, -0.05) is 0 Å². The molecule has 0 unspecified atom stereocenters. The van der Waals surface area contributed by atoms with E-state index in [9.17, 15) is 9.18 Å². The number of amides is 1. The van der Waals surface area contributed by atoms with Gasteiger partial charge in [0.2, 0.25) is 5.91 Å². The van der Waals surface area contributed by atoms with E-state index in [-0.39, 0.29) is 17.8 Å². The van der Waals surface area contributed by atoms with Gasteiger partial charge in [-0.15, -0.1) is 0 Å². The molecule has 0 spiro atoms. The van der Waals surface area contributed by atoms with Crippen LogP contribution in [0.3, 0.4) is 0 Å². The molecule has 2 heterocycles. The lowest BCUT2D eigenvalue weighted by atomic mass is 10.0. The second-order valence-electron chi connectivity index (χ2n) is 6.00. The molecular weight excluding hydrogens is 307 g/mol. The summed E-state index contributed by atoms with van der Waals surface area (Å²) in [7, 11) is 0.